The van der Waals surface area contributed by atoms with Crippen LogP contribution >= 0.6 is 11.6 Å². The average Bonchev–Trinajstić information content (AvgIpc) is 3.23. The van der Waals surface area contributed by atoms with Crippen LogP contribution < -0.4 is 5.32 Å². The summed E-state index contributed by atoms with van der Waals surface area (Å²) < 4.78 is 33.0. The molecule has 1 aromatic heterocycles. The summed E-state index contributed by atoms with van der Waals surface area (Å²) in [5.74, 6) is 0.317. The van der Waals surface area contributed by atoms with Gasteiger partial charge in [0.25, 0.3) is 0 Å². The Hall–Kier alpha value is -2.75. The molecule has 0 spiro atoms. The largest absolute Gasteiger partial charge is 0.339 e. The molecule has 2 heterocycles. The van der Waals surface area contributed by atoms with E-state index in [9.17, 15) is 13.2 Å². The van der Waals surface area contributed by atoms with Crippen molar-refractivity contribution in [2.75, 3.05) is 18.4 Å². The Morgan fingerprint density at radius 3 is 2.45 bits per heavy atom. The molecule has 0 aliphatic carbocycles. The minimum absolute atomic E-state index is 0.0119. The highest BCUT2D eigenvalue weighted by molar-refractivity contribution is 7.89. The Kier molecular flexibility index (Phi) is 6.56. The summed E-state index contributed by atoms with van der Waals surface area (Å²) in [5.41, 5.74) is 3.50. The molecule has 33 heavy (non-hydrogen) atoms. The van der Waals surface area contributed by atoms with Crippen molar-refractivity contribution < 1.29 is 17.7 Å². The number of hydrogen-bond acceptors (Lipinski definition) is 6. The average molecular weight is 489 g/mol. The summed E-state index contributed by atoms with van der Waals surface area (Å²) in [5, 5.41) is 6.91. The van der Waals surface area contributed by atoms with Gasteiger partial charge in [-0.25, -0.2) is 8.42 Å². The van der Waals surface area contributed by atoms with E-state index in [4.69, 9.17) is 16.1 Å². The first kappa shape index (κ1) is 23.4. The third-order valence-electron chi connectivity index (χ3n) is 5.93. The molecule has 0 bridgehead atoms. The number of sulfonamides is 1. The van der Waals surface area contributed by atoms with Gasteiger partial charge in [-0.3, -0.25) is 4.79 Å². The zero-order valence-electron chi connectivity index (χ0n) is 18.6. The molecule has 4 rings (SSSR count). The normalized spacial score (nSPS) is 15.5. The maximum Gasteiger partial charge on any atom is 0.244 e. The number of carbonyl (C=O) groups excluding carboxylic acids is 1. The number of amides is 1. The van der Waals surface area contributed by atoms with E-state index in [1.807, 2.05) is 32.0 Å². The molecule has 8 nitrogen and oxygen atoms in total. The second-order valence-electron chi connectivity index (χ2n) is 8.25. The van der Waals surface area contributed by atoms with Crippen LogP contribution in [0.5, 0.6) is 0 Å². The first-order chi connectivity index (χ1) is 15.6. The molecule has 0 atom stereocenters. The Labute approximate surface area is 198 Å². The third kappa shape index (κ3) is 4.95. The number of hydrogen-bond donors (Lipinski definition) is 1. The highest BCUT2D eigenvalue weighted by Gasteiger charge is 2.33. The highest BCUT2D eigenvalue weighted by Crippen LogP contribution is 2.31. The van der Waals surface area contributed by atoms with Crippen molar-refractivity contribution in [3.63, 3.8) is 0 Å². The zero-order valence-corrected chi connectivity index (χ0v) is 20.2. The molecule has 0 saturated carbocycles. The number of nitrogens with one attached hydrogen (secondary N) is 1. The van der Waals surface area contributed by atoms with Gasteiger partial charge in [0.15, 0.2) is 0 Å². The number of aryl methyl sites for hydroxylation is 3. The van der Waals surface area contributed by atoms with E-state index >= 15 is 0 Å². The van der Waals surface area contributed by atoms with Crippen LogP contribution in [0.25, 0.3) is 11.4 Å². The first-order valence-corrected chi connectivity index (χ1v) is 12.5. The number of benzene rings is 2. The van der Waals surface area contributed by atoms with E-state index in [-0.39, 0.29) is 34.8 Å². The topological polar surface area (TPSA) is 105 Å². The zero-order chi connectivity index (χ0) is 23.8. The summed E-state index contributed by atoms with van der Waals surface area (Å²) in [7, 11) is -3.85. The minimum Gasteiger partial charge on any atom is -0.339 e. The number of aromatic nitrogens is 2. The van der Waals surface area contributed by atoms with Crippen molar-refractivity contribution in [2.45, 2.75) is 38.5 Å². The van der Waals surface area contributed by atoms with Crippen molar-refractivity contribution in [3.05, 3.63) is 58.4 Å². The molecule has 2 aromatic carbocycles. The van der Waals surface area contributed by atoms with Crippen LogP contribution in [0, 0.1) is 26.7 Å². The van der Waals surface area contributed by atoms with Crippen molar-refractivity contribution in [2.24, 2.45) is 5.92 Å². The molecule has 1 saturated heterocycles. The van der Waals surface area contributed by atoms with Gasteiger partial charge in [0.05, 0.1) is 5.02 Å². The van der Waals surface area contributed by atoms with E-state index in [1.54, 1.807) is 13.0 Å². The Balaban J connectivity index is 1.45. The van der Waals surface area contributed by atoms with E-state index in [1.165, 1.54) is 16.4 Å². The lowest BCUT2D eigenvalue weighted by atomic mass is 9.97. The fourth-order valence-electron chi connectivity index (χ4n) is 3.82. The summed E-state index contributed by atoms with van der Waals surface area (Å²) in [6, 6.07) is 10.4. The highest BCUT2D eigenvalue weighted by atomic mass is 35.5. The SMILES string of the molecule is Cc1nc(-c2ccc(Cl)c(S(=O)(=O)N3CCC(C(=O)Nc4ccc(C)c(C)c4)CC3)c2)no1. The molecule has 1 fully saturated rings. The smallest absolute Gasteiger partial charge is 0.244 e. The van der Waals surface area contributed by atoms with Gasteiger partial charge in [0.1, 0.15) is 4.90 Å². The number of piperidine rings is 1. The maximum atomic E-state index is 13.3. The van der Waals surface area contributed by atoms with Crippen LogP contribution in [-0.2, 0) is 14.8 Å². The lowest BCUT2D eigenvalue weighted by Gasteiger charge is -2.30. The molecule has 3 aromatic rings. The summed E-state index contributed by atoms with van der Waals surface area (Å²) in [6.45, 7) is 6.13. The number of carbonyl (C=O) groups is 1. The molecule has 1 N–H and O–H groups in total. The van der Waals surface area contributed by atoms with E-state index in [0.717, 1.165) is 16.8 Å². The quantitative estimate of drug-likeness (QED) is 0.572. The van der Waals surface area contributed by atoms with Crippen molar-refractivity contribution in [1.29, 1.82) is 0 Å². The number of rotatable bonds is 5. The van der Waals surface area contributed by atoms with Gasteiger partial charge in [-0.05, 0) is 68.1 Å². The van der Waals surface area contributed by atoms with Gasteiger partial charge >= 0.3 is 0 Å². The fourth-order valence-corrected chi connectivity index (χ4v) is 5.79. The van der Waals surface area contributed by atoms with Gasteiger partial charge < -0.3 is 9.84 Å². The third-order valence-corrected chi connectivity index (χ3v) is 8.31. The van der Waals surface area contributed by atoms with E-state index < -0.39 is 10.0 Å². The predicted octanol–water partition coefficient (Wildman–Crippen LogP) is 4.35. The van der Waals surface area contributed by atoms with Crippen LogP contribution in [0.4, 0.5) is 5.69 Å². The van der Waals surface area contributed by atoms with E-state index in [0.29, 0.717) is 30.1 Å². The van der Waals surface area contributed by atoms with Crippen molar-refractivity contribution in [1.82, 2.24) is 14.4 Å². The standard InChI is InChI=1S/C23H25ClN4O4S/c1-14-4-6-19(12-15(14)2)26-23(29)17-8-10-28(11-9-17)33(30,31)21-13-18(5-7-20(21)24)22-25-16(3)32-27-22/h4-7,12-13,17H,8-11H2,1-3H3,(H,26,29). The van der Waals surface area contributed by atoms with Gasteiger partial charge in [0.2, 0.25) is 27.6 Å². The van der Waals surface area contributed by atoms with E-state index in [2.05, 4.69) is 15.5 Å². The van der Waals surface area contributed by atoms with Gasteiger partial charge in [-0.2, -0.15) is 9.29 Å². The fraction of sp³-hybridized carbons (Fsp3) is 0.348. The molecule has 10 heteroatoms. The molecular weight excluding hydrogens is 464 g/mol. The van der Waals surface area contributed by atoms with Gasteiger partial charge in [0, 0.05) is 37.2 Å². The minimum atomic E-state index is -3.85. The molecule has 174 valence electrons. The number of nitrogens with zero attached hydrogens (tertiary/aromatic N) is 3. The molecule has 1 aliphatic rings. The lowest BCUT2D eigenvalue weighted by molar-refractivity contribution is -0.120. The van der Waals surface area contributed by atoms with Crippen LogP contribution in [0.3, 0.4) is 0 Å². The van der Waals surface area contributed by atoms with Crippen molar-refractivity contribution >= 4 is 33.2 Å². The summed E-state index contributed by atoms with van der Waals surface area (Å²) in [4.78, 5) is 16.9. The Morgan fingerprint density at radius 2 is 1.82 bits per heavy atom. The van der Waals surface area contributed by atoms with Crippen molar-refractivity contribution in [3.8, 4) is 11.4 Å². The first-order valence-electron chi connectivity index (χ1n) is 10.6. The molecule has 1 amide bonds. The van der Waals surface area contributed by atoms with Crippen LogP contribution in [0.2, 0.25) is 5.02 Å². The maximum absolute atomic E-state index is 13.3. The number of anilines is 1. The second-order valence-corrected chi connectivity index (χ2v) is 10.6. The monoisotopic (exact) mass is 488 g/mol. The molecule has 1 aliphatic heterocycles. The van der Waals surface area contributed by atoms with Gasteiger partial charge in [-0.15, -0.1) is 0 Å². The molecular formula is C23H25ClN4O4S. The predicted molar refractivity (Wildman–Crippen MR) is 126 cm³/mol. The molecule has 0 radical (unpaired) electrons. The summed E-state index contributed by atoms with van der Waals surface area (Å²) >= 11 is 6.25. The number of halogens is 1. The van der Waals surface area contributed by atoms with Gasteiger partial charge in [-0.1, -0.05) is 22.8 Å². The van der Waals surface area contributed by atoms with Crippen LogP contribution in [-0.4, -0.2) is 41.9 Å². The molecule has 0 unspecified atom stereocenters. The lowest BCUT2D eigenvalue weighted by Crippen LogP contribution is -2.41. The second kappa shape index (κ2) is 9.24. The summed E-state index contributed by atoms with van der Waals surface area (Å²) in [6.07, 6.45) is 0.856. The van der Waals surface area contributed by atoms with Crippen LogP contribution in [0.15, 0.2) is 45.8 Å². The Morgan fingerprint density at radius 1 is 1.09 bits per heavy atom. The van der Waals surface area contributed by atoms with Crippen LogP contribution in [0.1, 0.15) is 29.9 Å². The Bertz CT molecular complexity index is 1300.